The smallest absolute Gasteiger partial charge is 0.475 e. The average molecular weight is 1400 g/mol. The molecule has 1 saturated heterocycles. The van der Waals surface area contributed by atoms with Crippen LogP contribution in [0.15, 0.2) is 137 Å². The fourth-order valence-electron chi connectivity index (χ4n) is 14.3. The van der Waals surface area contributed by atoms with Crippen molar-refractivity contribution < 1.29 is 74.5 Å². The monoisotopic (exact) mass is 1400 g/mol. The number of alkyl halides is 6. The molecule has 0 radical (unpaired) electrons. The predicted octanol–water partition coefficient (Wildman–Crippen LogP) is 9.28. The Hall–Kier alpha value is -8.32. The first kappa shape index (κ1) is 72.0. The third-order valence-corrected chi connectivity index (χ3v) is 19.9. The molecule has 13 rings (SSSR count). The van der Waals surface area contributed by atoms with E-state index in [0.29, 0.717) is 23.5 Å². The maximum atomic E-state index is 14.5. The number of ether oxygens (including phenoxy) is 2. The Kier molecular flexibility index (Phi) is 21.0. The number of aliphatic imine (C=N–C) groups is 2. The molecule has 6 N–H and O–H groups in total. The van der Waals surface area contributed by atoms with Gasteiger partial charge in [-0.2, -0.15) is 26.3 Å². The molecule has 8 atom stereocenters. The molecule has 6 aromatic rings. The fourth-order valence-corrected chi connectivity index (χ4v) is 14.6. The molecule has 22 nitrogen and oxygen atoms in total. The van der Waals surface area contributed by atoms with Gasteiger partial charge in [-0.3, -0.25) is 29.4 Å². The summed E-state index contributed by atoms with van der Waals surface area (Å²) in [6.45, 7) is 13.0. The molecular weight excluding hydrogens is 1330 g/mol. The van der Waals surface area contributed by atoms with E-state index >= 15 is 0 Å². The Morgan fingerprint density at radius 1 is 0.625 bits per heavy atom. The van der Waals surface area contributed by atoms with E-state index in [1.54, 1.807) is 79.5 Å². The van der Waals surface area contributed by atoms with Crippen LogP contribution in [0.5, 0.6) is 0 Å². The van der Waals surface area contributed by atoms with Crippen molar-refractivity contribution in [3.05, 3.63) is 161 Å². The van der Waals surface area contributed by atoms with Gasteiger partial charge in [0.05, 0.1) is 36.5 Å². The molecule has 96 heavy (non-hydrogen) atoms. The zero-order chi connectivity index (χ0) is 70.0. The number of hydrogen-bond acceptors (Lipinski definition) is 18. The Labute approximate surface area is 559 Å². The minimum atomic E-state index is -5.08. The highest BCUT2D eigenvalue weighted by Crippen LogP contribution is 2.65. The number of guanidine groups is 2. The summed E-state index contributed by atoms with van der Waals surface area (Å²) in [5, 5.41) is 14.2. The molecule has 0 unspecified atom stereocenters. The van der Waals surface area contributed by atoms with Gasteiger partial charge in [0.2, 0.25) is 0 Å². The number of aromatic nitrogens is 6. The van der Waals surface area contributed by atoms with Crippen LogP contribution in [-0.4, -0.2) is 143 Å². The molecule has 7 heterocycles. The molecule has 4 spiro atoms. The fraction of sp³-hybridized carbons (Fsp3) is 0.455. The van der Waals surface area contributed by atoms with Crippen LogP contribution in [0.4, 0.5) is 26.3 Å². The highest BCUT2D eigenvalue weighted by Gasteiger charge is 2.69. The number of hydrogen-bond donors (Lipinski definition) is 4. The average Bonchev–Trinajstić information content (AvgIpc) is 1.53. The number of amides is 2. The number of aliphatic carboxylic acids is 2. The highest BCUT2D eigenvalue weighted by molar-refractivity contribution is 9.10. The number of halogens is 7. The number of benzene rings is 2. The van der Waals surface area contributed by atoms with Gasteiger partial charge in [-0.1, -0.05) is 60.1 Å². The minimum absolute atomic E-state index is 0.0719. The van der Waals surface area contributed by atoms with Crippen LogP contribution in [0, 0.1) is 22.7 Å². The molecule has 2 amide bonds. The lowest BCUT2D eigenvalue weighted by Gasteiger charge is -2.47. The van der Waals surface area contributed by atoms with Gasteiger partial charge in [0.15, 0.2) is 23.0 Å². The molecule has 2 aromatic carbocycles. The second-order valence-electron chi connectivity index (χ2n) is 25.8. The Bertz CT molecular complexity index is 3830. The Morgan fingerprint density at radius 2 is 1.04 bits per heavy atom. The SMILES string of the molecule is CC1(C)OB(c2cccnc2)OC1(C)C.CO[C@H]1CC[C@@]2(Cc3ccc(-c4cccnc4)cc3[C@]23N=C(N)N(Cc2ncccn2)C3=O)C[C@@H]1C.CO[C@H]1CC[C@@]2(Cc3ccc(Br)cc3[C@]23N=C(N)N(Cc2ncccn2)C3=O)C[C@@H]1C.O=C(O)C(F)(F)F.O=C(O)C(F)(F)F. The second-order valence-corrected chi connectivity index (χ2v) is 26.7. The zero-order valence-corrected chi connectivity index (χ0v) is 55.5. The number of pyridine rings is 2. The first-order chi connectivity index (χ1) is 45.2. The van der Waals surface area contributed by atoms with E-state index in [-0.39, 0.29) is 78.2 Å². The third kappa shape index (κ3) is 14.1. The van der Waals surface area contributed by atoms with E-state index < -0.39 is 35.4 Å². The molecule has 30 heteroatoms. The lowest BCUT2D eigenvalue weighted by molar-refractivity contribution is -0.193. The summed E-state index contributed by atoms with van der Waals surface area (Å²) in [4.78, 5) is 85.2. The van der Waals surface area contributed by atoms with E-state index in [2.05, 4.69) is 83.9 Å². The van der Waals surface area contributed by atoms with Crippen molar-refractivity contribution in [1.29, 1.82) is 0 Å². The molecule has 0 bridgehead atoms. The molecule has 3 aliphatic heterocycles. The predicted molar refractivity (Wildman–Crippen MR) is 343 cm³/mol. The zero-order valence-electron chi connectivity index (χ0n) is 53.9. The first-order valence-electron chi connectivity index (χ1n) is 30.8. The van der Waals surface area contributed by atoms with Gasteiger partial charge in [0.1, 0.15) is 11.6 Å². The summed E-state index contributed by atoms with van der Waals surface area (Å²) in [6.07, 6.45) is 10.8. The first-order valence-corrected chi connectivity index (χ1v) is 31.6. The largest absolute Gasteiger partial charge is 0.496 e. The number of methoxy groups -OCH3 is 2. The van der Waals surface area contributed by atoms with E-state index in [1.807, 2.05) is 70.3 Å². The van der Waals surface area contributed by atoms with Gasteiger partial charge in [-0.15, -0.1) is 0 Å². The molecule has 7 aliphatic rings. The van der Waals surface area contributed by atoms with Crippen LogP contribution in [0.3, 0.4) is 0 Å². The summed E-state index contributed by atoms with van der Waals surface area (Å²) in [5.41, 5.74) is 16.8. The van der Waals surface area contributed by atoms with Crippen LogP contribution < -0.4 is 16.9 Å². The minimum Gasteiger partial charge on any atom is -0.475 e. The summed E-state index contributed by atoms with van der Waals surface area (Å²) in [5.74, 6) is -3.50. The molecular formula is C66H74BBrF6N12O10. The lowest BCUT2D eigenvalue weighted by Crippen LogP contribution is -2.53. The van der Waals surface area contributed by atoms with Crippen molar-refractivity contribution in [2.45, 2.75) is 153 Å². The summed E-state index contributed by atoms with van der Waals surface area (Å²) < 4.78 is 87.7. The maximum Gasteiger partial charge on any atom is 0.496 e. The Morgan fingerprint density at radius 3 is 1.43 bits per heavy atom. The second kappa shape index (κ2) is 28.0. The van der Waals surface area contributed by atoms with Gasteiger partial charge < -0.3 is 40.5 Å². The third-order valence-electron chi connectivity index (χ3n) is 19.4. The number of rotatable bonds is 8. The number of nitrogens with two attached hydrogens (primary N) is 2. The summed E-state index contributed by atoms with van der Waals surface area (Å²) in [7, 11) is 3.24. The van der Waals surface area contributed by atoms with Crippen molar-refractivity contribution in [2.24, 2.45) is 44.1 Å². The van der Waals surface area contributed by atoms with Gasteiger partial charge in [-0.05, 0) is 167 Å². The number of carbonyl (C=O) groups is 4. The van der Waals surface area contributed by atoms with Crippen LogP contribution in [-0.2, 0) is 75.0 Å². The van der Waals surface area contributed by atoms with E-state index in [9.17, 15) is 35.9 Å². The van der Waals surface area contributed by atoms with Crippen molar-refractivity contribution in [3.8, 4) is 11.1 Å². The number of nitrogens with zero attached hydrogens (tertiary/aromatic N) is 10. The molecule has 3 fully saturated rings. The molecule has 4 aliphatic carbocycles. The summed E-state index contributed by atoms with van der Waals surface area (Å²) in [6, 6.07) is 23.9. The van der Waals surface area contributed by atoms with E-state index in [4.69, 9.17) is 60.0 Å². The van der Waals surface area contributed by atoms with Crippen LogP contribution in [0.25, 0.3) is 11.1 Å². The van der Waals surface area contributed by atoms with Crippen molar-refractivity contribution >= 4 is 64.2 Å². The van der Waals surface area contributed by atoms with Crippen molar-refractivity contribution in [3.63, 3.8) is 0 Å². The molecule has 4 aromatic heterocycles. The normalized spacial score (nSPS) is 26.5. The lowest BCUT2D eigenvalue weighted by atomic mass is 9.59. The number of carboxylic acid groups (broad SMARTS) is 2. The van der Waals surface area contributed by atoms with Gasteiger partial charge >= 0.3 is 31.4 Å². The Balaban J connectivity index is 0.000000162. The number of carbonyl (C=O) groups excluding carboxylic acids is 2. The number of carboxylic acids is 2. The molecule has 2 saturated carbocycles. The van der Waals surface area contributed by atoms with E-state index in [1.165, 1.54) is 5.56 Å². The van der Waals surface area contributed by atoms with Gasteiger partial charge in [0, 0.05) is 84.6 Å². The van der Waals surface area contributed by atoms with Crippen LogP contribution in [0.2, 0.25) is 0 Å². The topological polar surface area (TPSA) is 306 Å². The number of fused-ring (bicyclic) bond motifs is 6. The van der Waals surface area contributed by atoms with Crippen LogP contribution in [0.1, 0.15) is 114 Å². The van der Waals surface area contributed by atoms with Crippen LogP contribution >= 0.6 is 15.9 Å². The highest BCUT2D eigenvalue weighted by atomic mass is 79.9. The van der Waals surface area contributed by atoms with Crippen molar-refractivity contribution in [1.82, 2.24) is 39.7 Å². The summed E-state index contributed by atoms with van der Waals surface area (Å²) >= 11 is 3.60. The van der Waals surface area contributed by atoms with Crippen molar-refractivity contribution in [2.75, 3.05) is 14.2 Å². The standard InChI is InChI=1S/C28H30N6O2.C23H26BrN5O2.C11H16BNO2.2C2HF3O2/c1-18-14-27(9-8-23(18)36-2)15-20-7-6-19(21-5-3-10-30-16-21)13-22(20)28(27)25(35)34(26(29)33-28)17-24-31-11-4-12-32-24;1-14-11-22(7-6-18(14)31-2)12-15-4-5-16(24)10-17(15)23(22)20(30)29(21(25)28-23)13-19-26-8-3-9-27-19;1-10(2)11(3,4)15-12(14-10)9-6-5-7-13-8-9;2*3-2(4,5)1(6)7/h3-7,10-13,16,18,23H,8-9,14-15,17H2,1-2H3,(H2,29,33);3-5,8-10,14,18H,6-7,11-13H2,1-2H3,(H2,25,28);5-8H,1-4H3;2*(H,6,7)/t18-,23-,27-,28+;14-,18-,22-,23+;;;/m00.../s1. The van der Waals surface area contributed by atoms with Gasteiger partial charge in [0.25, 0.3) is 11.8 Å². The van der Waals surface area contributed by atoms with Gasteiger partial charge in [-0.25, -0.2) is 39.5 Å². The molecule has 510 valence electrons. The maximum absolute atomic E-state index is 14.5. The van der Waals surface area contributed by atoms with E-state index in [0.717, 1.165) is 89.1 Å². The quantitative estimate of drug-likeness (QED) is 0.0814.